The first-order valence-corrected chi connectivity index (χ1v) is 8.35. The van der Waals surface area contributed by atoms with Crippen molar-refractivity contribution >= 4 is 29.0 Å². The number of amides is 2. The lowest BCUT2D eigenvalue weighted by molar-refractivity contribution is -0.122. The predicted octanol–water partition coefficient (Wildman–Crippen LogP) is 0.739. The normalized spacial score (nSPS) is 18.2. The van der Waals surface area contributed by atoms with Crippen LogP contribution in [0.2, 0.25) is 0 Å². The molecule has 1 atom stereocenters. The second-order valence-electron chi connectivity index (χ2n) is 5.62. The van der Waals surface area contributed by atoms with E-state index in [0.29, 0.717) is 18.9 Å². The number of thiophene rings is 1. The van der Waals surface area contributed by atoms with Gasteiger partial charge in [0.25, 0.3) is 0 Å². The van der Waals surface area contributed by atoms with Gasteiger partial charge in [-0.15, -0.1) is 11.3 Å². The first-order valence-electron chi connectivity index (χ1n) is 7.47. The highest BCUT2D eigenvalue weighted by Gasteiger charge is 2.27. The van der Waals surface area contributed by atoms with Crippen molar-refractivity contribution in [1.82, 2.24) is 14.7 Å². The summed E-state index contributed by atoms with van der Waals surface area (Å²) in [6, 6.07) is 5.80. The number of aromatic nitrogens is 2. The number of primary amides is 1. The van der Waals surface area contributed by atoms with Crippen molar-refractivity contribution in [2.75, 3.05) is 25.0 Å². The topological polar surface area (TPSA) is 93.2 Å². The summed E-state index contributed by atoms with van der Waals surface area (Å²) in [4.78, 5) is 26.5. The van der Waals surface area contributed by atoms with E-state index in [1.807, 2.05) is 22.4 Å². The highest BCUT2D eigenvalue weighted by Crippen LogP contribution is 2.16. The summed E-state index contributed by atoms with van der Waals surface area (Å²) in [5.41, 5.74) is 5.31. The summed E-state index contributed by atoms with van der Waals surface area (Å²) in [6.07, 6.45) is 2.39. The molecule has 1 fully saturated rings. The maximum atomic E-state index is 12.2. The third-order valence-corrected chi connectivity index (χ3v) is 4.77. The van der Waals surface area contributed by atoms with Gasteiger partial charge in [-0.05, 0) is 24.4 Å². The van der Waals surface area contributed by atoms with Gasteiger partial charge in [0.2, 0.25) is 11.8 Å². The number of likely N-dealkylation sites (tertiary alicyclic amines) is 1. The molecular weight excluding hydrogens is 314 g/mol. The fourth-order valence-corrected chi connectivity index (χ4v) is 3.39. The second kappa shape index (κ2) is 6.93. The molecule has 23 heavy (non-hydrogen) atoms. The van der Waals surface area contributed by atoms with Gasteiger partial charge in [0.15, 0.2) is 0 Å². The van der Waals surface area contributed by atoms with Crippen LogP contribution in [-0.2, 0) is 16.1 Å². The minimum absolute atomic E-state index is 0.108. The van der Waals surface area contributed by atoms with Crippen LogP contribution in [0.25, 0.3) is 0 Å². The Morgan fingerprint density at radius 2 is 2.30 bits per heavy atom. The molecule has 1 saturated heterocycles. The molecule has 2 aromatic rings. The van der Waals surface area contributed by atoms with Crippen LogP contribution in [0, 0.1) is 5.92 Å². The Morgan fingerprint density at radius 3 is 3.00 bits per heavy atom. The van der Waals surface area contributed by atoms with Crippen LogP contribution in [0.1, 0.15) is 11.3 Å². The molecule has 0 unspecified atom stereocenters. The van der Waals surface area contributed by atoms with Crippen molar-refractivity contribution in [2.24, 2.45) is 11.7 Å². The Balaban J connectivity index is 1.54. The van der Waals surface area contributed by atoms with E-state index in [0.717, 1.165) is 13.0 Å². The first-order chi connectivity index (χ1) is 11.1. The summed E-state index contributed by atoms with van der Waals surface area (Å²) in [6.45, 7) is 2.16. The van der Waals surface area contributed by atoms with Crippen molar-refractivity contribution in [2.45, 2.75) is 13.0 Å². The summed E-state index contributed by atoms with van der Waals surface area (Å²) in [5, 5.41) is 9.14. The highest BCUT2D eigenvalue weighted by atomic mass is 32.1. The zero-order chi connectivity index (χ0) is 16.2. The summed E-state index contributed by atoms with van der Waals surface area (Å²) in [7, 11) is 0. The van der Waals surface area contributed by atoms with E-state index >= 15 is 0 Å². The van der Waals surface area contributed by atoms with Crippen LogP contribution < -0.4 is 11.1 Å². The highest BCUT2D eigenvalue weighted by molar-refractivity contribution is 7.09. The van der Waals surface area contributed by atoms with E-state index in [1.165, 1.54) is 4.88 Å². The molecule has 0 saturated carbocycles. The molecule has 0 radical (unpaired) electrons. The van der Waals surface area contributed by atoms with E-state index in [1.54, 1.807) is 28.3 Å². The number of hydrogen-bond acceptors (Lipinski definition) is 5. The number of hydrogen-bond donors (Lipinski definition) is 2. The molecule has 8 heteroatoms. The molecule has 2 aromatic heterocycles. The number of carbonyl (C=O) groups is 2. The summed E-state index contributed by atoms with van der Waals surface area (Å²) < 4.78 is 1.76. The monoisotopic (exact) mass is 333 g/mol. The van der Waals surface area contributed by atoms with E-state index in [2.05, 4.69) is 10.4 Å². The van der Waals surface area contributed by atoms with Crippen molar-refractivity contribution in [1.29, 1.82) is 0 Å². The molecule has 7 nitrogen and oxygen atoms in total. The summed E-state index contributed by atoms with van der Waals surface area (Å²) >= 11 is 1.65. The van der Waals surface area contributed by atoms with Gasteiger partial charge < -0.3 is 11.1 Å². The maximum absolute atomic E-state index is 12.2. The van der Waals surface area contributed by atoms with Crippen LogP contribution in [0.5, 0.6) is 0 Å². The molecule has 1 aliphatic heterocycles. The molecule has 3 heterocycles. The Kier molecular flexibility index (Phi) is 4.73. The zero-order valence-corrected chi connectivity index (χ0v) is 13.5. The number of nitrogens with one attached hydrogen (secondary N) is 1. The van der Waals surface area contributed by atoms with Gasteiger partial charge in [0, 0.05) is 17.5 Å². The standard InChI is InChI=1S/C15H19N5O2S/c16-15(22)11-4-6-19(8-11)10-14(21)18-13-3-5-17-20(13)9-12-2-1-7-23-12/h1-3,5,7,11H,4,6,8-10H2,(H2,16,22)(H,18,21)/t11-/m0/s1. The number of rotatable bonds is 6. The Bertz CT molecular complexity index is 682. The van der Waals surface area contributed by atoms with Gasteiger partial charge in [-0.1, -0.05) is 6.07 Å². The van der Waals surface area contributed by atoms with Crippen molar-refractivity contribution in [3.8, 4) is 0 Å². The molecule has 0 bridgehead atoms. The summed E-state index contributed by atoms with van der Waals surface area (Å²) in [5.74, 6) is 0.131. The van der Waals surface area contributed by atoms with Gasteiger partial charge in [-0.25, -0.2) is 4.68 Å². The third-order valence-electron chi connectivity index (χ3n) is 3.91. The predicted molar refractivity (Wildman–Crippen MR) is 88.0 cm³/mol. The first kappa shape index (κ1) is 15.7. The Morgan fingerprint density at radius 1 is 1.43 bits per heavy atom. The average Bonchev–Trinajstić information content (AvgIpc) is 3.22. The lowest BCUT2D eigenvalue weighted by Gasteiger charge is -2.15. The number of nitrogens with zero attached hydrogens (tertiary/aromatic N) is 3. The minimum atomic E-state index is -0.290. The van der Waals surface area contributed by atoms with Crippen molar-refractivity contribution in [3.05, 3.63) is 34.7 Å². The molecule has 122 valence electrons. The molecule has 1 aliphatic rings. The third kappa shape index (κ3) is 3.96. The van der Waals surface area contributed by atoms with Gasteiger partial charge in [0.05, 0.1) is 25.2 Å². The Labute approximate surface area is 138 Å². The Hall–Kier alpha value is -2.19. The quantitative estimate of drug-likeness (QED) is 0.815. The van der Waals surface area contributed by atoms with E-state index in [-0.39, 0.29) is 24.3 Å². The molecule has 3 rings (SSSR count). The van der Waals surface area contributed by atoms with Gasteiger partial charge in [-0.3, -0.25) is 14.5 Å². The smallest absolute Gasteiger partial charge is 0.239 e. The fourth-order valence-electron chi connectivity index (χ4n) is 2.71. The molecule has 2 amide bonds. The zero-order valence-electron chi connectivity index (χ0n) is 12.6. The lowest BCUT2D eigenvalue weighted by Crippen LogP contribution is -2.33. The van der Waals surface area contributed by atoms with Gasteiger partial charge in [-0.2, -0.15) is 5.10 Å². The number of carbonyl (C=O) groups excluding carboxylic acids is 2. The van der Waals surface area contributed by atoms with Gasteiger partial charge in [0.1, 0.15) is 5.82 Å². The van der Waals surface area contributed by atoms with E-state index < -0.39 is 0 Å². The molecular formula is C15H19N5O2S. The molecule has 0 aliphatic carbocycles. The maximum Gasteiger partial charge on any atom is 0.239 e. The van der Waals surface area contributed by atoms with E-state index in [4.69, 9.17) is 5.73 Å². The number of nitrogens with two attached hydrogens (primary N) is 1. The van der Waals surface area contributed by atoms with Crippen LogP contribution in [0.4, 0.5) is 5.82 Å². The minimum Gasteiger partial charge on any atom is -0.369 e. The molecule has 3 N–H and O–H groups in total. The largest absolute Gasteiger partial charge is 0.369 e. The van der Waals surface area contributed by atoms with Crippen molar-refractivity contribution in [3.63, 3.8) is 0 Å². The number of anilines is 1. The van der Waals surface area contributed by atoms with Crippen LogP contribution >= 0.6 is 11.3 Å². The fraction of sp³-hybridized carbons (Fsp3) is 0.400. The molecule has 0 aromatic carbocycles. The van der Waals surface area contributed by atoms with Crippen LogP contribution in [0.15, 0.2) is 29.8 Å². The van der Waals surface area contributed by atoms with E-state index in [9.17, 15) is 9.59 Å². The lowest BCUT2D eigenvalue weighted by atomic mass is 10.1. The SMILES string of the molecule is NC(=O)[C@H]1CCN(CC(=O)Nc2ccnn2Cc2cccs2)C1. The van der Waals surface area contributed by atoms with Crippen LogP contribution in [-0.4, -0.2) is 46.1 Å². The second-order valence-corrected chi connectivity index (χ2v) is 6.66. The van der Waals surface area contributed by atoms with Crippen LogP contribution in [0.3, 0.4) is 0 Å². The van der Waals surface area contributed by atoms with Gasteiger partial charge >= 0.3 is 0 Å². The molecule has 0 spiro atoms. The average molecular weight is 333 g/mol. The van der Waals surface area contributed by atoms with Crippen molar-refractivity contribution < 1.29 is 9.59 Å².